The lowest BCUT2D eigenvalue weighted by Gasteiger charge is -2.39. The first kappa shape index (κ1) is 22.1. The minimum Gasteiger partial charge on any atom is -0.497 e. The minimum atomic E-state index is -0.774. The molecule has 2 atom stereocenters. The van der Waals surface area contributed by atoms with E-state index in [-0.39, 0.29) is 24.2 Å². The van der Waals surface area contributed by atoms with Gasteiger partial charge < -0.3 is 14.7 Å². The SMILES string of the molecule is COc1ccc(CC(=O)N2CCC(CC(=O)O)C(CC3=NCCc4ccccc43)C2)cc1. The number of piperidine rings is 1. The van der Waals surface area contributed by atoms with E-state index in [2.05, 4.69) is 18.2 Å². The van der Waals surface area contributed by atoms with Crippen LogP contribution in [0.5, 0.6) is 5.75 Å². The van der Waals surface area contributed by atoms with Crippen molar-refractivity contribution >= 4 is 17.6 Å². The monoisotopic (exact) mass is 434 g/mol. The summed E-state index contributed by atoms with van der Waals surface area (Å²) in [6.45, 7) is 1.95. The average Bonchev–Trinajstić information content (AvgIpc) is 2.80. The van der Waals surface area contributed by atoms with Gasteiger partial charge in [-0.1, -0.05) is 36.4 Å². The fourth-order valence-electron chi connectivity index (χ4n) is 4.90. The van der Waals surface area contributed by atoms with Crippen molar-refractivity contribution in [3.63, 3.8) is 0 Å². The summed E-state index contributed by atoms with van der Waals surface area (Å²) < 4.78 is 5.19. The van der Waals surface area contributed by atoms with Crippen LogP contribution in [0.1, 0.15) is 36.0 Å². The number of hydrogen-bond acceptors (Lipinski definition) is 4. The van der Waals surface area contributed by atoms with Crippen molar-refractivity contribution in [2.24, 2.45) is 16.8 Å². The summed E-state index contributed by atoms with van der Waals surface area (Å²) in [4.78, 5) is 31.2. The van der Waals surface area contributed by atoms with Crippen LogP contribution in [0.2, 0.25) is 0 Å². The first-order valence-corrected chi connectivity index (χ1v) is 11.3. The molecule has 2 aliphatic heterocycles. The molecule has 0 saturated carbocycles. The largest absolute Gasteiger partial charge is 0.497 e. The Kier molecular flexibility index (Phi) is 6.88. The van der Waals surface area contributed by atoms with Crippen molar-refractivity contribution in [1.82, 2.24) is 4.90 Å². The third kappa shape index (κ3) is 5.18. The predicted octanol–water partition coefficient (Wildman–Crippen LogP) is 3.61. The maximum atomic E-state index is 13.0. The van der Waals surface area contributed by atoms with Gasteiger partial charge in [0.1, 0.15) is 5.75 Å². The lowest BCUT2D eigenvalue weighted by atomic mass is 9.78. The van der Waals surface area contributed by atoms with Gasteiger partial charge in [0.05, 0.1) is 13.5 Å². The molecule has 2 aliphatic rings. The molecule has 32 heavy (non-hydrogen) atoms. The van der Waals surface area contributed by atoms with Crippen LogP contribution < -0.4 is 4.74 Å². The Morgan fingerprint density at radius 2 is 1.91 bits per heavy atom. The molecule has 1 saturated heterocycles. The van der Waals surface area contributed by atoms with Crippen LogP contribution >= 0.6 is 0 Å². The summed E-state index contributed by atoms with van der Waals surface area (Å²) in [6.07, 6.45) is 2.83. The van der Waals surface area contributed by atoms with Gasteiger partial charge in [-0.25, -0.2) is 0 Å². The quantitative estimate of drug-likeness (QED) is 0.722. The number of nitrogens with zero attached hydrogens (tertiary/aromatic N) is 2. The van der Waals surface area contributed by atoms with Gasteiger partial charge in [0.25, 0.3) is 0 Å². The molecule has 0 aliphatic carbocycles. The molecule has 0 radical (unpaired) electrons. The fourth-order valence-corrected chi connectivity index (χ4v) is 4.90. The highest BCUT2D eigenvalue weighted by Crippen LogP contribution is 2.32. The maximum absolute atomic E-state index is 13.0. The van der Waals surface area contributed by atoms with E-state index < -0.39 is 5.97 Å². The molecule has 0 spiro atoms. The molecule has 0 aromatic heterocycles. The molecular weight excluding hydrogens is 404 g/mol. The Labute approximate surface area is 188 Å². The van der Waals surface area contributed by atoms with E-state index in [0.717, 1.165) is 30.0 Å². The van der Waals surface area contributed by atoms with Crippen molar-refractivity contribution in [2.45, 2.75) is 32.1 Å². The van der Waals surface area contributed by atoms with Gasteiger partial charge in [0.15, 0.2) is 0 Å². The number of fused-ring (bicyclic) bond motifs is 1. The average molecular weight is 435 g/mol. The topological polar surface area (TPSA) is 79.2 Å². The van der Waals surface area contributed by atoms with Crippen molar-refractivity contribution in [1.29, 1.82) is 0 Å². The second-order valence-corrected chi connectivity index (χ2v) is 8.71. The third-order valence-corrected chi connectivity index (χ3v) is 6.66. The molecule has 2 heterocycles. The number of methoxy groups -OCH3 is 1. The van der Waals surface area contributed by atoms with Crippen molar-refractivity contribution < 1.29 is 19.4 Å². The first-order valence-electron chi connectivity index (χ1n) is 11.3. The van der Waals surface area contributed by atoms with Crippen LogP contribution in [0.25, 0.3) is 0 Å². The molecule has 1 N–H and O–H groups in total. The van der Waals surface area contributed by atoms with E-state index >= 15 is 0 Å². The standard InChI is InChI=1S/C26H30N2O4/c1-32-22-8-6-18(7-9-22)14-25(29)28-13-11-20(16-26(30)31)21(17-28)15-24-23-5-3-2-4-19(23)10-12-27-24/h2-9,20-21H,10-17H2,1H3,(H,30,31). The lowest BCUT2D eigenvalue weighted by molar-refractivity contribution is -0.139. The molecule has 6 heteroatoms. The third-order valence-electron chi connectivity index (χ3n) is 6.66. The Bertz CT molecular complexity index is 999. The molecule has 1 fully saturated rings. The maximum Gasteiger partial charge on any atom is 0.303 e. The van der Waals surface area contributed by atoms with Crippen molar-refractivity contribution in [3.05, 3.63) is 65.2 Å². The number of aliphatic carboxylic acids is 1. The van der Waals surface area contributed by atoms with E-state index in [1.54, 1.807) is 7.11 Å². The van der Waals surface area contributed by atoms with E-state index in [0.29, 0.717) is 32.4 Å². The highest BCUT2D eigenvalue weighted by atomic mass is 16.5. The normalized spacial score (nSPS) is 20.3. The summed E-state index contributed by atoms with van der Waals surface area (Å²) in [5.74, 6) is 0.215. The van der Waals surface area contributed by atoms with Gasteiger partial charge in [-0.05, 0) is 59.9 Å². The molecule has 6 nitrogen and oxygen atoms in total. The fraction of sp³-hybridized carbons (Fsp3) is 0.423. The van der Waals surface area contributed by atoms with Crippen molar-refractivity contribution in [2.75, 3.05) is 26.7 Å². The smallest absolute Gasteiger partial charge is 0.303 e. The lowest BCUT2D eigenvalue weighted by Crippen LogP contribution is -2.45. The highest BCUT2D eigenvalue weighted by Gasteiger charge is 2.34. The van der Waals surface area contributed by atoms with Gasteiger partial charge in [-0.15, -0.1) is 0 Å². The van der Waals surface area contributed by atoms with Gasteiger partial charge in [0, 0.05) is 31.8 Å². The number of carboxylic acids is 1. The Balaban J connectivity index is 1.47. The highest BCUT2D eigenvalue weighted by molar-refractivity contribution is 6.02. The summed E-state index contributed by atoms with van der Waals surface area (Å²) >= 11 is 0. The van der Waals surface area contributed by atoms with Crippen LogP contribution in [0.3, 0.4) is 0 Å². The van der Waals surface area contributed by atoms with Gasteiger partial charge >= 0.3 is 5.97 Å². The first-order chi connectivity index (χ1) is 15.5. The molecule has 2 unspecified atom stereocenters. The van der Waals surface area contributed by atoms with Crippen LogP contribution in [0, 0.1) is 11.8 Å². The number of carboxylic acid groups (broad SMARTS) is 1. The van der Waals surface area contributed by atoms with Crippen LogP contribution in [-0.4, -0.2) is 54.3 Å². The second kappa shape index (κ2) is 9.98. The van der Waals surface area contributed by atoms with E-state index in [4.69, 9.17) is 9.73 Å². The van der Waals surface area contributed by atoms with Gasteiger partial charge in [-0.2, -0.15) is 0 Å². The van der Waals surface area contributed by atoms with E-state index in [1.807, 2.05) is 35.2 Å². The summed E-state index contributed by atoms with van der Waals surface area (Å²) in [5, 5.41) is 9.44. The number of carbonyl (C=O) groups is 2. The Morgan fingerprint density at radius 1 is 1.12 bits per heavy atom. The van der Waals surface area contributed by atoms with Crippen LogP contribution in [-0.2, 0) is 22.4 Å². The number of rotatable bonds is 7. The molecule has 4 rings (SSSR count). The number of carbonyl (C=O) groups excluding carboxylic acids is 1. The summed E-state index contributed by atoms with van der Waals surface area (Å²) in [7, 11) is 1.62. The molecule has 168 valence electrons. The van der Waals surface area contributed by atoms with E-state index in [1.165, 1.54) is 11.1 Å². The molecule has 0 bridgehead atoms. The molecule has 1 amide bonds. The zero-order valence-corrected chi connectivity index (χ0v) is 18.5. The molecule has 2 aromatic rings. The number of amides is 1. The second-order valence-electron chi connectivity index (χ2n) is 8.71. The number of hydrogen-bond donors (Lipinski definition) is 1. The number of ether oxygens (including phenoxy) is 1. The Morgan fingerprint density at radius 3 is 2.66 bits per heavy atom. The van der Waals surface area contributed by atoms with Crippen LogP contribution in [0.4, 0.5) is 0 Å². The van der Waals surface area contributed by atoms with Crippen molar-refractivity contribution in [3.8, 4) is 5.75 Å². The zero-order valence-electron chi connectivity index (χ0n) is 18.5. The molecule has 2 aromatic carbocycles. The van der Waals surface area contributed by atoms with Gasteiger partial charge in [-0.3, -0.25) is 14.6 Å². The van der Waals surface area contributed by atoms with E-state index in [9.17, 15) is 14.7 Å². The predicted molar refractivity (Wildman–Crippen MR) is 123 cm³/mol. The molecular formula is C26H30N2O4. The van der Waals surface area contributed by atoms with Gasteiger partial charge in [0.2, 0.25) is 5.91 Å². The number of benzene rings is 2. The zero-order chi connectivity index (χ0) is 22.5. The summed E-state index contributed by atoms with van der Waals surface area (Å²) in [5.41, 5.74) is 4.48. The number of likely N-dealkylation sites (tertiary alicyclic amines) is 1. The number of aliphatic imine (C=N–C) groups is 1. The van der Waals surface area contributed by atoms with Crippen LogP contribution in [0.15, 0.2) is 53.5 Å². The minimum absolute atomic E-state index is 0.0503. The Hall–Kier alpha value is -3.15. The summed E-state index contributed by atoms with van der Waals surface area (Å²) in [6, 6.07) is 15.9.